The fraction of sp³-hybridized carbons (Fsp3) is 0.438. The van der Waals surface area contributed by atoms with Crippen LogP contribution in [0.15, 0.2) is 20.5 Å². The number of aromatic amines is 1. The van der Waals surface area contributed by atoms with Gasteiger partial charge in [-0.3, -0.25) is 4.79 Å². The van der Waals surface area contributed by atoms with Crippen LogP contribution in [0.1, 0.15) is 35.2 Å². The van der Waals surface area contributed by atoms with Crippen LogP contribution in [-0.4, -0.2) is 15.1 Å². The van der Waals surface area contributed by atoms with E-state index in [-0.39, 0.29) is 5.56 Å². The molecule has 3 heterocycles. The van der Waals surface area contributed by atoms with Gasteiger partial charge in [-0.25, -0.2) is 4.98 Å². The molecule has 4 rings (SSSR count). The van der Waals surface area contributed by atoms with Crippen LogP contribution >= 0.6 is 23.1 Å². The van der Waals surface area contributed by atoms with E-state index in [2.05, 4.69) is 22.0 Å². The Labute approximate surface area is 141 Å². The van der Waals surface area contributed by atoms with E-state index in [1.54, 1.807) is 11.3 Å². The van der Waals surface area contributed by atoms with Crippen molar-refractivity contribution in [3.63, 3.8) is 0 Å². The highest BCUT2D eigenvalue weighted by atomic mass is 32.2. The number of nitrogens with one attached hydrogen (secondary N) is 1. The van der Waals surface area contributed by atoms with Gasteiger partial charge in [-0.05, 0) is 37.7 Å². The molecule has 7 heteroatoms. The summed E-state index contributed by atoms with van der Waals surface area (Å²) in [6, 6.07) is 1.90. The average Bonchev–Trinajstić information content (AvgIpc) is 3.07. The van der Waals surface area contributed by atoms with E-state index in [1.807, 2.05) is 13.0 Å². The summed E-state index contributed by atoms with van der Waals surface area (Å²) >= 11 is 3.16. The molecule has 0 spiro atoms. The van der Waals surface area contributed by atoms with Gasteiger partial charge in [0.2, 0.25) is 0 Å². The summed E-state index contributed by atoms with van der Waals surface area (Å²) < 4.78 is 5.06. The lowest BCUT2D eigenvalue weighted by molar-refractivity contribution is 0.393. The Kier molecular flexibility index (Phi) is 3.77. The number of thiophene rings is 1. The molecule has 1 N–H and O–H groups in total. The first-order chi connectivity index (χ1) is 11.1. The van der Waals surface area contributed by atoms with Gasteiger partial charge >= 0.3 is 0 Å². The molecule has 0 radical (unpaired) electrons. The van der Waals surface area contributed by atoms with Crippen LogP contribution in [0, 0.1) is 12.8 Å². The maximum atomic E-state index is 12.5. The van der Waals surface area contributed by atoms with Crippen molar-refractivity contribution in [3.05, 3.63) is 38.3 Å². The maximum absolute atomic E-state index is 12.5. The van der Waals surface area contributed by atoms with Crippen molar-refractivity contribution in [2.75, 3.05) is 0 Å². The predicted octanol–water partition coefficient (Wildman–Crippen LogP) is 3.70. The van der Waals surface area contributed by atoms with E-state index in [4.69, 9.17) is 4.52 Å². The van der Waals surface area contributed by atoms with Gasteiger partial charge in [-0.15, -0.1) is 11.3 Å². The predicted molar refractivity (Wildman–Crippen MR) is 92.2 cm³/mol. The van der Waals surface area contributed by atoms with Crippen molar-refractivity contribution in [1.82, 2.24) is 15.1 Å². The second-order valence-electron chi connectivity index (χ2n) is 6.12. The molecule has 0 saturated carbocycles. The Morgan fingerprint density at radius 3 is 3.17 bits per heavy atom. The van der Waals surface area contributed by atoms with Gasteiger partial charge in [0.05, 0.1) is 11.1 Å². The van der Waals surface area contributed by atoms with E-state index >= 15 is 0 Å². The summed E-state index contributed by atoms with van der Waals surface area (Å²) in [7, 11) is 0. The lowest BCUT2D eigenvalue weighted by atomic mass is 9.89. The minimum Gasteiger partial charge on any atom is -0.361 e. The second-order valence-corrected chi connectivity index (χ2v) is 8.17. The van der Waals surface area contributed by atoms with Crippen molar-refractivity contribution < 1.29 is 4.52 Å². The standard InChI is InChI=1S/C16H17N3O2S2/c1-8-3-4-11-12(5-8)23-15-13(11)14(20)17-16(18-15)22-7-10-6-9(2)21-19-10/h6,8H,3-5,7H2,1-2H3,(H,17,18,20)/t8-/m0/s1. The third kappa shape index (κ3) is 2.83. The number of rotatable bonds is 3. The summed E-state index contributed by atoms with van der Waals surface area (Å²) in [5.41, 5.74) is 2.07. The molecular weight excluding hydrogens is 330 g/mol. The molecule has 0 bridgehead atoms. The summed E-state index contributed by atoms with van der Waals surface area (Å²) in [5, 5.41) is 5.42. The van der Waals surface area contributed by atoms with Gasteiger partial charge in [-0.1, -0.05) is 23.8 Å². The minimum atomic E-state index is -0.0131. The highest BCUT2D eigenvalue weighted by molar-refractivity contribution is 7.98. The quantitative estimate of drug-likeness (QED) is 0.578. The third-order valence-electron chi connectivity index (χ3n) is 4.18. The first-order valence-corrected chi connectivity index (χ1v) is 9.50. The lowest BCUT2D eigenvalue weighted by Gasteiger charge is -2.17. The van der Waals surface area contributed by atoms with Crippen LogP contribution in [0.4, 0.5) is 0 Å². The van der Waals surface area contributed by atoms with Gasteiger partial charge in [0.15, 0.2) is 5.16 Å². The van der Waals surface area contributed by atoms with Gasteiger partial charge in [0.25, 0.3) is 5.56 Å². The van der Waals surface area contributed by atoms with Crippen LogP contribution in [-0.2, 0) is 18.6 Å². The van der Waals surface area contributed by atoms with Crippen LogP contribution in [0.3, 0.4) is 0 Å². The van der Waals surface area contributed by atoms with Gasteiger partial charge in [-0.2, -0.15) is 0 Å². The first-order valence-electron chi connectivity index (χ1n) is 7.69. The van der Waals surface area contributed by atoms with Crippen LogP contribution in [0.5, 0.6) is 0 Å². The van der Waals surface area contributed by atoms with E-state index in [9.17, 15) is 4.79 Å². The summed E-state index contributed by atoms with van der Waals surface area (Å²) in [4.78, 5) is 22.3. The molecule has 5 nitrogen and oxygen atoms in total. The molecule has 1 aliphatic rings. The van der Waals surface area contributed by atoms with Crippen molar-refractivity contribution >= 4 is 33.3 Å². The number of hydrogen-bond donors (Lipinski definition) is 1. The number of hydrogen-bond acceptors (Lipinski definition) is 6. The monoisotopic (exact) mass is 347 g/mol. The zero-order valence-corrected chi connectivity index (χ0v) is 14.6. The molecule has 0 fully saturated rings. The molecule has 0 unspecified atom stereocenters. The minimum absolute atomic E-state index is 0.0131. The largest absolute Gasteiger partial charge is 0.361 e. The highest BCUT2D eigenvalue weighted by Crippen LogP contribution is 2.36. The van der Waals surface area contributed by atoms with Crippen LogP contribution < -0.4 is 5.56 Å². The number of nitrogens with zero attached hydrogens (tertiary/aromatic N) is 2. The number of fused-ring (bicyclic) bond motifs is 3. The van der Waals surface area contributed by atoms with Crippen LogP contribution in [0.2, 0.25) is 0 Å². The zero-order valence-electron chi connectivity index (χ0n) is 13.0. The molecule has 1 atom stereocenters. The Morgan fingerprint density at radius 1 is 1.52 bits per heavy atom. The summed E-state index contributed by atoms with van der Waals surface area (Å²) in [6.07, 6.45) is 3.21. The highest BCUT2D eigenvalue weighted by Gasteiger charge is 2.23. The molecule has 0 saturated heterocycles. The molecular formula is C16H17N3O2S2. The molecule has 120 valence electrons. The van der Waals surface area contributed by atoms with Crippen molar-refractivity contribution in [2.45, 2.75) is 44.0 Å². The summed E-state index contributed by atoms with van der Waals surface area (Å²) in [5.74, 6) is 2.12. The fourth-order valence-corrected chi connectivity index (χ4v) is 5.21. The Bertz CT molecular complexity index is 925. The lowest BCUT2D eigenvalue weighted by Crippen LogP contribution is -2.13. The van der Waals surface area contributed by atoms with Crippen molar-refractivity contribution in [3.8, 4) is 0 Å². The third-order valence-corrected chi connectivity index (χ3v) is 6.23. The van der Waals surface area contributed by atoms with Gasteiger partial charge in [0, 0.05) is 16.7 Å². The molecule has 23 heavy (non-hydrogen) atoms. The number of H-pyrrole nitrogens is 1. The average molecular weight is 347 g/mol. The maximum Gasteiger partial charge on any atom is 0.260 e. The zero-order chi connectivity index (χ0) is 16.0. The Hall–Kier alpha value is -1.60. The molecule has 1 aliphatic carbocycles. The molecule has 0 amide bonds. The van der Waals surface area contributed by atoms with E-state index in [0.717, 1.165) is 40.9 Å². The van der Waals surface area contributed by atoms with Gasteiger partial charge < -0.3 is 9.51 Å². The molecule has 3 aromatic heterocycles. The number of thioether (sulfide) groups is 1. The SMILES string of the molecule is Cc1cc(CSc2nc3sc4c(c3c(=O)[nH]2)CC[C@H](C)C4)no1. The Morgan fingerprint density at radius 2 is 2.39 bits per heavy atom. The smallest absolute Gasteiger partial charge is 0.260 e. The normalized spacial score (nSPS) is 17.6. The molecule has 0 aromatic carbocycles. The second kappa shape index (κ2) is 5.79. The summed E-state index contributed by atoms with van der Waals surface area (Å²) in [6.45, 7) is 4.14. The topological polar surface area (TPSA) is 71.8 Å². The fourth-order valence-electron chi connectivity index (χ4n) is 3.03. The van der Waals surface area contributed by atoms with Crippen LogP contribution in [0.25, 0.3) is 10.2 Å². The van der Waals surface area contributed by atoms with Gasteiger partial charge in [0.1, 0.15) is 10.6 Å². The molecule has 0 aliphatic heterocycles. The molecule has 3 aromatic rings. The van der Waals surface area contributed by atoms with E-state index in [1.165, 1.54) is 22.2 Å². The van der Waals surface area contributed by atoms with Crippen molar-refractivity contribution in [1.29, 1.82) is 0 Å². The number of aromatic nitrogens is 3. The first kappa shape index (κ1) is 15.0. The van der Waals surface area contributed by atoms with Crippen molar-refractivity contribution in [2.24, 2.45) is 5.92 Å². The van der Waals surface area contributed by atoms with E-state index in [0.29, 0.717) is 16.8 Å². The Balaban J connectivity index is 1.66. The number of aryl methyl sites for hydroxylation is 2. The van der Waals surface area contributed by atoms with E-state index < -0.39 is 0 Å².